The molecule has 3 rings (SSSR count). The number of rotatable bonds is 5. The van der Waals surface area contributed by atoms with Crippen LogP contribution < -0.4 is 5.32 Å². The first-order chi connectivity index (χ1) is 11.8. The van der Waals surface area contributed by atoms with E-state index in [0.717, 1.165) is 50.6 Å². The summed E-state index contributed by atoms with van der Waals surface area (Å²) in [5.41, 5.74) is 4.03. The Morgan fingerprint density at radius 1 is 1.28 bits per heavy atom. The smallest absolute Gasteiger partial charge is 0.193 e. The maximum absolute atomic E-state index is 4.52. The Morgan fingerprint density at radius 3 is 2.80 bits per heavy atom. The maximum Gasteiger partial charge on any atom is 0.193 e. The molecule has 25 heavy (non-hydrogen) atoms. The van der Waals surface area contributed by atoms with Crippen LogP contribution in [0.1, 0.15) is 34.7 Å². The number of unbranched alkanes of at least 4 members (excludes halogenated alkanes) is 1. The number of nitrogens with zero attached hydrogens (tertiary/aromatic N) is 3. The molecule has 0 fully saturated rings. The van der Waals surface area contributed by atoms with Gasteiger partial charge in [0, 0.05) is 37.8 Å². The third-order valence-electron chi connectivity index (χ3n) is 4.41. The van der Waals surface area contributed by atoms with Crippen molar-refractivity contribution in [1.29, 1.82) is 0 Å². The summed E-state index contributed by atoms with van der Waals surface area (Å²) in [6.45, 7) is 5.01. The van der Waals surface area contributed by atoms with Crippen molar-refractivity contribution in [2.24, 2.45) is 4.99 Å². The Bertz CT molecular complexity index is 698. The van der Waals surface area contributed by atoms with Gasteiger partial charge in [-0.3, -0.25) is 4.99 Å². The van der Waals surface area contributed by atoms with E-state index in [1.54, 1.807) is 11.3 Å². The molecule has 1 N–H and O–H groups in total. The number of guanidine groups is 1. The van der Waals surface area contributed by atoms with E-state index >= 15 is 0 Å². The van der Waals surface area contributed by atoms with E-state index in [2.05, 4.69) is 56.8 Å². The van der Waals surface area contributed by atoms with Crippen LogP contribution in [-0.2, 0) is 19.4 Å². The molecule has 0 unspecified atom stereocenters. The Labute approximate surface area is 171 Å². The fraction of sp³-hybridized carbons (Fsp3) is 0.474. The van der Waals surface area contributed by atoms with Gasteiger partial charge >= 0.3 is 0 Å². The number of aliphatic imine (C=N–C) groups is 1. The molecule has 136 valence electrons. The van der Waals surface area contributed by atoms with Crippen LogP contribution in [0.2, 0.25) is 0 Å². The van der Waals surface area contributed by atoms with E-state index in [1.807, 2.05) is 7.05 Å². The van der Waals surface area contributed by atoms with Crippen LogP contribution in [0.15, 0.2) is 34.6 Å². The molecule has 1 aromatic heterocycles. The molecular formula is C19H27IN4S. The van der Waals surface area contributed by atoms with Crippen LogP contribution in [0.4, 0.5) is 0 Å². The van der Waals surface area contributed by atoms with Gasteiger partial charge < -0.3 is 10.2 Å². The highest BCUT2D eigenvalue weighted by atomic mass is 127. The standard InChI is InChI=1S/C19H26N4S.HI/c1-15-14-24-18(22-15)9-5-6-11-21-19(20-2)23-12-10-16-7-3-4-8-17(16)13-23;/h3-4,7-8,14H,5-6,9-13H2,1-2H3,(H,20,21);1H. The monoisotopic (exact) mass is 470 g/mol. The van der Waals surface area contributed by atoms with Gasteiger partial charge in [-0.1, -0.05) is 24.3 Å². The van der Waals surface area contributed by atoms with Crippen molar-refractivity contribution >= 4 is 41.3 Å². The zero-order chi connectivity index (χ0) is 16.8. The molecular weight excluding hydrogens is 443 g/mol. The summed E-state index contributed by atoms with van der Waals surface area (Å²) < 4.78 is 0. The first-order valence-electron chi connectivity index (χ1n) is 8.69. The summed E-state index contributed by atoms with van der Waals surface area (Å²) in [6, 6.07) is 8.72. The number of hydrogen-bond acceptors (Lipinski definition) is 3. The van der Waals surface area contributed by atoms with Gasteiger partial charge in [-0.15, -0.1) is 35.3 Å². The maximum atomic E-state index is 4.52. The van der Waals surface area contributed by atoms with E-state index in [1.165, 1.54) is 22.6 Å². The largest absolute Gasteiger partial charge is 0.356 e. The van der Waals surface area contributed by atoms with Crippen LogP contribution in [0.3, 0.4) is 0 Å². The lowest BCUT2D eigenvalue weighted by Gasteiger charge is -2.31. The highest BCUT2D eigenvalue weighted by Gasteiger charge is 2.18. The normalized spacial score (nSPS) is 14.0. The summed E-state index contributed by atoms with van der Waals surface area (Å²) in [5, 5.41) is 6.90. The first kappa shape index (κ1) is 20.2. The van der Waals surface area contributed by atoms with Gasteiger partial charge in [-0.25, -0.2) is 4.98 Å². The lowest BCUT2D eigenvalue weighted by molar-refractivity contribution is 0.378. The molecule has 2 aromatic rings. The number of aromatic nitrogens is 1. The minimum absolute atomic E-state index is 0. The number of halogens is 1. The fourth-order valence-corrected chi connectivity index (χ4v) is 3.95. The second-order valence-electron chi connectivity index (χ2n) is 6.25. The van der Waals surface area contributed by atoms with E-state index in [9.17, 15) is 0 Å². The average Bonchev–Trinajstić information content (AvgIpc) is 3.03. The molecule has 0 amide bonds. The predicted molar refractivity (Wildman–Crippen MR) is 117 cm³/mol. The van der Waals surface area contributed by atoms with Crippen LogP contribution in [-0.4, -0.2) is 36.0 Å². The van der Waals surface area contributed by atoms with Crippen molar-refractivity contribution < 1.29 is 0 Å². The molecule has 2 heterocycles. The Hall–Kier alpha value is -1.15. The van der Waals surface area contributed by atoms with Gasteiger partial charge in [-0.2, -0.15) is 0 Å². The summed E-state index contributed by atoms with van der Waals surface area (Å²) in [7, 11) is 1.88. The predicted octanol–water partition coefficient (Wildman–Crippen LogP) is 4.03. The summed E-state index contributed by atoms with van der Waals surface area (Å²) >= 11 is 1.77. The minimum Gasteiger partial charge on any atom is -0.356 e. The molecule has 6 heteroatoms. The molecule has 0 atom stereocenters. The highest BCUT2D eigenvalue weighted by Crippen LogP contribution is 2.18. The summed E-state index contributed by atoms with van der Waals surface area (Å²) in [5.74, 6) is 1.02. The summed E-state index contributed by atoms with van der Waals surface area (Å²) in [4.78, 5) is 11.3. The van der Waals surface area contributed by atoms with Crippen molar-refractivity contribution in [2.75, 3.05) is 20.1 Å². The molecule has 0 bridgehead atoms. The Morgan fingerprint density at radius 2 is 2.08 bits per heavy atom. The van der Waals surface area contributed by atoms with Gasteiger partial charge in [-0.05, 0) is 43.7 Å². The quantitative estimate of drug-likeness (QED) is 0.311. The average molecular weight is 470 g/mol. The van der Waals surface area contributed by atoms with Gasteiger partial charge in [0.1, 0.15) is 0 Å². The van der Waals surface area contributed by atoms with E-state index in [0.29, 0.717) is 0 Å². The SMILES string of the molecule is CN=C(NCCCCc1nc(C)cs1)N1CCc2ccccc2C1.I. The summed E-state index contributed by atoms with van der Waals surface area (Å²) in [6.07, 6.45) is 4.48. The van der Waals surface area contributed by atoms with Crippen LogP contribution in [0.25, 0.3) is 0 Å². The highest BCUT2D eigenvalue weighted by molar-refractivity contribution is 14.0. The molecule has 1 aliphatic heterocycles. The van der Waals surface area contributed by atoms with Crippen molar-refractivity contribution in [2.45, 2.75) is 39.2 Å². The molecule has 1 aliphatic rings. The molecule has 0 saturated carbocycles. The number of thiazole rings is 1. The number of aryl methyl sites for hydroxylation is 2. The Balaban J connectivity index is 0.00000225. The van der Waals surface area contributed by atoms with Crippen LogP contribution >= 0.6 is 35.3 Å². The van der Waals surface area contributed by atoms with Gasteiger partial charge in [0.25, 0.3) is 0 Å². The molecule has 0 saturated heterocycles. The van der Waals surface area contributed by atoms with Gasteiger partial charge in [0.15, 0.2) is 5.96 Å². The molecule has 4 nitrogen and oxygen atoms in total. The van der Waals surface area contributed by atoms with E-state index in [4.69, 9.17) is 0 Å². The zero-order valence-electron chi connectivity index (χ0n) is 15.0. The van der Waals surface area contributed by atoms with Crippen molar-refractivity contribution in [1.82, 2.24) is 15.2 Å². The van der Waals surface area contributed by atoms with Crippen molar-refractivity contribution in [3.05, 3.63) is 51.5 Å². The zero-order valence-corrected chi connectivity index (χ0v) is 18.1. The minimum atomic E-state index is 0. The lowest BCUT2D eigenvalue weighted by atomic mass is 10.0. The van der Waals surface area contributed by atoms with Crippen molar-refractivity contribution in [3.63, 3.8) is 0 Å². The lowest BCUT2D eigenvalue weighted by Crippen LogP contribution is -2.44. The molecule has 0 spiro atoms. The number of fused-ring (bicyclic) bond motifs is 1. The van der Waals surface area contributed by atoms with Gasteiger partial charge in [0.2, 0.25) is 0 Å². The molecule has 0 aliphatic carbocycles. The van der Waals surface area contributed by atoms with Crippen LogP contribution in [0.5, 0.6) is 0 Å². The number of hydrogen-bond donors (Lipinski definition) is 1. The second kappa shape index (κ2) is 10.1. The molecule has 1 aromatic carbocycles. The van der Waals surface area contributed by atoms with Gasteiger partial charge in [0.05, 0.1) is 5.01 Å². The Kier molecular flexibility index (Phi) is 8.15. The topological polar surface area (TPSA) is 40.5 Å². The number of nitrogens with one attached hydrogen (secondary N) is 1. The molecule has 0 radical (unpaired) electrons. The van der Waals surface area contributed by atoms with E-state index in [-0.39, 0.29) is 24.0 Å². The third-order valence-corrected chi connectivity index (χ3v) is 5.44. The number of benzene rings is 1. The third kappa shape index (κ3) is 5.67. The second-order valence-corrected chi connectivity index (χ2v) is 7.20. The van der Waals surface area contributed by atoms with Crippen molar-refractivity contribution in [3.8, 4) is 0 Å². The first-order valence-corrected chi connectivity index (χ1v) is 9.57. The van der Waals surface area contributed by atoms with E-state index < -0.39 is 0 Å². The van der Waals surface area contributed by atoms with Crippen LogP contribution in [0, 0.1) is 6.92 Å². The fourth-order valence-electron chi connectivity index (χ4n) is 3.13.